The molecule has 3 heteroatoms. The minimum Gasteiger partial charge on any atom is -0.383 e. The summed E-state index contributed by atoms with van der Waals surface area (Å²) >= 11 is 0. The molecule has 0 radical (unpaired) electrons. The van der Waals surface area contributed by atoms with Gasteiger partial charge in [0.05, 0.1) is 6.61 Å². The quantitative estimate of drug-likeness (QED) is 0.741. The van der Waals surface area contributed by atoms with Crippen molar-refractivity contribution in [1.29, 1.82) is 0 Å². The zero-order valence-electron chi connectivity index (χ0n) is 11.7. The molecule has 1 unspecified atom stereocenters. The maximum Gasteiger partial charge on any atom is 0.0628 e. The molecule has 0 amide bonds. The highest BCUT2D eigenvalue weighted by molar-refractivity contribution is 4.73. The number of likely N-dealkylation sites (tertiary alicyclic amines) is 1. The largest absolute Gasteiger partial charge is 0.383 e. The van der Waals surface area contributed by atoms with Crippen LogP contribution in [0.3, 0.4) is 0 Å². The molecule has 1 rings (SSSR count). The van der Waals surface area contributed by atoms with Crippen molar-refractivity contribution in [3.8, 4) is 0 Å². The Morgan fingerprint density at radius 2 is 1.76 bits per heavy atom. The Morgan fingerprint density at radius 3 is 2.35 bits per heavy atom. The van der Waals surface area contributed by atoms with Crippen LogP contribution in [0.25, 0.3) is 0 Å². The standard InChI is InChI=1S/C14H30N2O/c1-3-9-15-14(13-17-2)12-16-10-7-5-4-6-8-11-16/h14-15H,3-13H2,1-2H3. The molecule has 3 nitrogen and oxygen atoms in total. The molecule has 0 aliphatic carbocycles. The van der Waals surface area contributed by atoms with E-state index in [1.165, 1.54) is 51.6 Å². The van der Waals surface area contributed by atoms with E-state index < -0.39 is 0 Å². The summed E-state index contributed by atoms with van der Waals surface area (Å²) < 4.78 is 5.31. The molecule has 0 aromatic carbocycles. The lowest BCUT2D eigenvalue weighted by Gasteiger charge is -2.29. The van der Waals surface area contributed by atoms with E-state index in [-0.39, 0.29) is 0 Å². The van der Waals surface area contributed by atoms with Crippen LogP contribution in [-0.4, -0.2) is 50.8 Å². The van der Waals surface area contributed by atoms with E-state index in [0.717, 1.165) is 19.7 Å². The van der Waals surface area contributed by atoms with Gasteiger partial charge in [-0.15, -0.1) is 0 Å². The first kappa shape index (κ1) is 14.9. The van der Waals surface area contributed by atoms with Gasteiger partial charge in [0, 0.05) is 19.7 Å². The Kier molecular flexibility index (Phi) is 8.67. The van der Waals surface area contributed by atoms with Gasteiger partial charge in [-0.1, -0.05) is 26.2 Å². The second kappa shape index (κ2) is 9.86. The molecule has 1 fully saturated rings. The topological polar surface area (TPSA) is 24.5 Å². The number of nitrogens with zero attached hydrogens (tertiary/aromatic N) is 1. The monoisotopic (exact) mass is 242 g/mol. The first-order valence-electron chi connectivity index (χ1n) is 7.31. The van der Waals surface area contributed by atoms with E-state index >= 15 is 0 Å². The van der Waals surface area contributed by atoms with Gasteiger partial charge in [-0.2, -0.15) is 0 Å². The summed E-state index contributed by atoms with van der Waals surface area (Å²) in [5.74, 6) is 0. The van der Waals surface area contributed by atoms with Crippen LogP contribution >= 0.6 is 0 Å². The number of methoxy groups -OCH3 is 1. The van der Waals surface area contributed by atoms with Crippen LogP contribution < -0.4 is 5.32 Å². The average Bonchev–Trinajstić information content (AvgIpc) is 2.29. The van der Waals surface area contributed by atoms with Crippen LogP contribution in [0.5, 0.6) is 0 Å². The zero-order chi connectivity index (χ0) is 12.3. The fourth-order valence-electron chi connectivity index (χ4n) is 2.53. The lowest BCUT2D eigenvalue weighted by atomic mass is 10.1. The highest BCUT2D eigenvalue weighted by Gasteiger charge is 2.14. The van der Waals surface area contributed by atoms with Crippen molar-refractivity contribution in [2.75, 3.05) is 39.9 Å². The van der Waals surface area contributed by atoms with Gasteiger partial charge in [-0.3, -0.25) is 0 Å². The molecule has 0 aromatic heterocycles. The molecule has 1 saturated heterocycles. The second-order valence-corrected chi connectivity index (χ2v) is 5.17. The minimum atomic E-state index is 0.499. The third-order valence-electron chi connectivity index (χ3n) is 3.48. The highest BCUT2D eigenvalue weighted by Crippen LogP contribution is 2.10. The average molecular weight is 242 g/mol. The fraction of sp³-hybridized carbons (Fsp3) is 1.00. The Bertz CT molecular complexity index is 165. The fourth-order valence-corrected chi connectivity index (χ4v) is 2.53. The molecule has 102 valence electrons. The summed E-state index contributed by atoms with van der Waals surface area (Å²) in [7, 11) is 1.80. The Hall–Kier alpha value is -0.120. The maximum absolute atomic E-state index is 5.31. The molecule has 0 spiro atoms. The molecule has 1 atom stereocenters. The van der Waals surface area contributed by atoms with Crippen molar-refractivity contribution in [3.05, 3.63) is 0 Å². The van der Waals surface area contributed by atoms with Crippen LogP contribution in [0.1, 0.15) is 45.4 Å². The van der Waals surface area contributed by atoms with Crippen molar-refractivity contribution < 1.29 is 4.74 Å². The molecule has 1 heterocycles. The van der Waals surface area contributed by atoms with E-state index in [1.54, 1.807) is 7.11 Å². The van der Waals surface area contributed by atoms with E-state index in [4.69, 9.17) is 4.74 Å². The van der Waals surface area contributed by atoms with Crippen molar-refractivity contribution in [2.45, 2.75) is 51.5 Å². The lowest BCUT2D eigenvalue weighted by Crippen LogP contribution is -2.45. The third kappa shape index (κ3) is 7.02. The first-order valence-corrected chi connectivity index (χ1v) is 7.31. The predicted octanol–water partition coefficient (Wildman–Crippen LogP) is 2.27. The molecule has 1 N–H and O–H groups in total. The third-order valence-corrected chi connectivity index (χ3v) is 3.48. The SMILES string of the molecule is CCCNC(COC)CN1CCCCCCC1. The zero-order valence-corrected chi connectivity index (χ0v) is 11.7. The van der Waals surface area contributed by atoms with Gasteiger partial charge < -0.3 is 15.0 Å². The van der Waals surface area contributed by atoms with Gasteiger partial charge in [0.2, 0.25) is 0 Å². The van der Waals surface area contributed by atoms with E-state index in [9.17, 15) is 0 Å². The van der Waals surface area contributed by atoms with Crippen molar-refractivity contribution in [3.63, 3.8) is 0 Å². The van der Waals surface area contributed by atoms with Crippen molar-refractivity contribution in [2.24, 2.45) is 0 Å². The summed E-state index contributed by atoms with van der Waals surface area (Å²) in [5.41, 5.74) is 0. The number of hydrogen-bond acceptors (Lipinski definition) is 3. The maximum atomic E-state index is 5.31. The normalized spacial score (nSPS) is 20.8. The van der Waals surface area contributed by atoms with Crippen LogP contribution in [0.4, 0.5) is 0 Å². The van der Waals surface area contributed by atoms with Gasteiger partial charge in [0.15, 0.2) is 0 Å². The van der Waals surface area contributed by atoms with Gasteiger partial charge >= 0.3 is 0 Å². The van der Waals surface area contributed by atoms with Crippen LogP contribution in [0.15, 0.2) is 0 Å². The summed E-state index contributed by atoms with van der Waals surface area (Å²) in [4.78, 5) is 2.62. The van der Waals surface area contributed by atoms with Gasteiger partial charge in [-0.25, -0.2) is 0 Å². The molecule has 1 aliphatic rings. The number of nitrogens with one attached hydrogen (secondary N) is 1. The van der Waals surface area contributed by atoms with Gasteiger partial charge in [0.1, 0.15) is 0 Å². The molecule has 17 heavy (non-hydrogen) atoms. The van der Waals surface area contributed by atoms with Gasteiger partial charge in [-0.05, 0) is 38.9 Å². The highest BCUT2D eigenvalue weighted by atomic mass is 16.5. The van der Waals surface area contributed by atoms with Crippen molar-refractivity contribution >= 4 is 0 Å². The van der Waals surface area contributed by atoms with Crippen LogP contribution in [0, 0.1) is 0 Å². The van der Waals surface area contributed by atoms with Gasteiger partial charge in [0.25, 0.3) is 0 Å². The molecule has 0 bridgehead atoms. The summed E-state index contributed by atoms with van der Waals surface area (Å²) in [6.45, 7) is 7.83. The van der Waals surface area contributed by atoms with E-state index in [1.807, 2.05) is 0 Å². The molecule has 0 saturated carbocycles. The van der Waals surface area contributed by atoms with Crippen LogP contribution in [0.2, 0.25) is 0 Å². The summed E-state index contributed by atoms with van der Waals surface area (Å²) in [6.07, 6.45) is 8.19. The molecule has 1 aliphatic heterocycles. The first-order chi connectivity index (χ1) is 8.36. The Morgan fingerprint density at radius 1 is 1.12 bits per heavy atom. The summed E-state index contributed by atoms with van der Waals surface area (Å²) in [6, 6.07) is 0.499. The Balaban J connectivity index is 2.29. The minimum absolute atomic E-state index is 0.499. The molecular formula is C14H30N2O. The summed E-state index contributed by atoms with van der Waals surface area (Å²) in [5, 5.41) is 3.59. The smallest absolute Gasteiger partial charge is 0.0628 e. The number of hydrogen-bond donors (Lipinski definition) is 1. The number of rotatable bonds is 7. The lowest BCUT2D eigenvalue weighted by molar-refractivity contribution is 0.134. The molecular weight excluding hydrogens is 212 g/mol. The van der Waals surface area contributed by atoms with E-state index in [0.29, 0.717) is 6.04 Å². The van der Waals surface area contributed by atoms with E-state index in [2.05, 4.69) is 17.1 Å². The van der Waals surface area contributed by atoms with Crippen LogP contribution in [-0.2, 0) is 4.74 Å². The van der Waals surface area contributed by atoms with Crippen molar-refractivity contribution in [1.82, 2.24) is 10.2 Å². The molecule has 0 aromatic rings. The number of ether oxygens (including phenoxy) is 1. The second-order valence-electron chi connectivity index (χ2n) is 5.17. The predicted molar refractivity (Wildman–Crippen MR) is 73.5 cm³/mol. The Labute approximate surface area is 107 Å².